The van der Waals surface area contributed by atoms with Crippen molar-refractivity contribution in [1.29, 1.82) is 0 Å². The van der Waals surface area contributed by atoms with E-state index in [0.29, 0.717) is 24.6 Å². The Labute approximate surface area is 147 Å². The molecule has 5 heteroatoms. The minimum Gasteiger partial charge on any atom is -0.489 e. The zero-order valence-electron chi connectivity index (χ0n) is 13.9. The molecule has 0 aromatic heterocycles. The number of ether oxygens (including phenoxy) is 1. The van der Waals surface area contributed by atoms with Gasteiger partial charge in [0.25, 0.3) is 0 Å². The van der Waals surface area contributed by atoms with E-state index in [1.54, 1.807) is 0 Å². The molecule has 1 N–H and O–H groups in total. The van der Waals surface area contributed by atoms with Crippen molar-refractivity contribution in [3.05, 3.63) is 58.6 Å². The molecule has 0 spiro atoms. The van der Waals surface area contributed by atoms with E-state index in [0.717, 1.165) is 22.6 Å². The van der Waals surface area contributed by atoms with E-state index in [1.807, 2.05) is 50.4 Å². The first kappa shape index (κ1) is 16.7. The van der Waals surface area contributed by atoms with Gasteiger partial charge in [-0.15, -0.1) is 0 Å². The average molecular weight is 345 g/mol. The second-order valence-corrected chi connectivity index (χ2v) is 6.53. The highest BCUT2D eigenvalue weighted by molar-refractivity contribution is 6.31. The van der Waals surface area contributed by atoms with Crippen LogP contribution in [0.1, 0.15) is 17.5 Å². The van der Waals surface area contributed by atoms with E-state index in [-0.39, 0.29) is 11.9 Å². The number of aryl methyl sites for hydroxylation is 1. The van der Waals surface area contributed by atoms with Crippen LogP contribution in [0.2, 0.25) is 5.02 Å². The summed E-state index contributed by atoms with van der Waals surface area (Å²) in [5, 5.41) is 3.60. The minimum absolute atomic E-state index is 0.00840. The average Bonchev–Trinajstić information content (AvgIpc) is 2.56. The quantitative estimate of drug-likeness (QED) is 0.922. The lowest BCUT2D eigenvalue weighted by molar-refractivity contribution is -0.121. The number of benzene rings is 2. The van der Waals surface area contributed by atoms with E-state index in [4.69, 9.17) is 16.3 Å². The summed E-state index contributed by atoms with van der Waals surface area (Å²) in [7, 11) is 2.00. The maximum Gasteiger partial charge on any atom is 0.222 e. The number of anilines is 1. The summed E-state index contributed by atoms with van der Waals surface area (Å²) < 4.78 is 5.83. The van der Waals surface area contributed by atoms with Crippen LogP contribution >= 0.6 is 11.6 Å². The van der Waals surface area contributed by atoms with Gasteiger partial charge in [0, 0.05) is 18.6 Å². The van der Waals surface area contributed by atoms with Crippen molar-refractivity contribution in [2.75, 3.05) is 18.6 Å². The smallest absolute Gasteiger partial charge is 0.222 e. The van der Waals surface area contributed by atoms with E-state index in [9.17, 15) is 4.79 Å². The Morgan fingerprint density at radius 2 is 2.12 bits per heavy atom. The first-order valence-corrected chi connectivity index (χ1v) is 8.39. The molecule has 24 heavy (non-hydrogen) atoms. The van der Waals surface area contributed by atoms with E-state index in [2.05, 4.69) is 16.3 Å². The van der Waals surface area contributed by atoms with Crippen molar-refractivity contribution in [3.63, 3.8) is 0 Å². The minimum atomic E-state index is -0.00840. The molecule has 0 radical (unpaired) electrons. The Morgan fingerprint density at radius 3 is 2.92 bits per heavy atom. The number of hydrogen-bond donors (Lipinski definition) is 1. The Morgan fingerprint density at radius 1 is 1.33 bits per heavy atom. The van der Waals surface area contributed by atoms with Gasteiger partial charge in [0.15, 0.2) is 0 Å². The van der Waals surface area contributed by atoms with Crippen molar-refractivity contribution in [2.24, 2.45) is 0 Å². The van der Waals surface area contributed by atoms with E-state index < -0.39 is 0 Å². The van der Waals surface area contributed by atoms with Gasteiger partial charge in [-0.3, -0.25) is 4.79 Å². The molecule has 1 heterocycles. The fraction of sp³-hybridized carbons (Fsp3) is 0.316. The number of amides is 1. The largest absolute Gasteiger partial charge is 0.489 e. The standard InChI is InChI=1S/C19H21ClN2O2/c1-13-7-8-17-18(9-13)24-12-15(22(17)2)10-19(23)21-11-14-5-3-4-6-16(14)20/h3-9,15H,10-12H2,1-2H3,(H,21,23)/t15-/m1/s1. The number of fused-ring (bicyclic) bond motifs is 1. The van der Waals surface area contributed by atoms with Crippen LogP contribution in [0.25, 0.3) is 0 Å². The molecule has 1 aliphatic heterocycles. The summed E-state index contributed by atoms with van der Waals surface area (Å²) in [5.74, 6) is 0.871. The molecular formula is C19H21ClN2O2. The van der Waals surface area contributed by atoms with Crippen LogP contribution in [-0.4, -0.2) is 25.6 Å². The molecular weight excluding hydrogens is 324 g/mol. The molecule has 3 rings (SSSR count). The van der Waals surface area contributed by atoms with Crippen LogP contribution in [-0.2, 0) is 11.3 Å². The lowest BCUT2D eigenvalue weighted by Crippen LogP contribution is -2.43. The van der Waals surface area contributed by atoms with Crippen molar-refractivity contribution in [3.8, 4) is 5.75 Å². The highest BCUT2D eigenvalue weighted by Crippen LogP contribution is 2.34. The molecule has 0 unspecified atom stereocenters. The van der Waals surface area contributed by atoms with Crippen molar-refractivity contribution >= 4 is 23.2 Å². The Balaban J connectivity index is 1.59. The van der Waals surface area contributed by atoms with Crippen LogP contribution in [0.15, 0.2) is 42.5 Å². The molecule has 126 valence electrons. The maximum absolute atomic E-state index is 12.3. The third-order valence-electron chi connectivity index (χ3n) is 4.33. The van der Waals surface area contributed by atoms with Crippen molar-refractivity contribution < 1.29 is 9.53 Å². The van der Waals surface area contributed by atoms with Crippen LogP contribution in [0.5, 0.6) is 5.75 Å². The summed E-state index contributed by atoms with van der Waals surface area (Å²) >= 11 is 6.11. The molecule has 4 nitrogen and oxygen atoms in total. The Hall–Kier alpha value is -2.20. The monoisotopic (exact) mass is 344 g/mol. The highest BCUT2D eigenvalue weighted by Gasteiger charge is 2.26. The van der Waals surface area contributed by atoms with Gasteiger partial charge in [0.1, 0.15) is 12.4 Å². The van der Waals surface area contributed by atoms with Crippen LogP contribution in [0, 0.1) is 6.92 Å². The molecule has 2 aromatic carbocycles. The Kier molecular flexibility index (Phi) is 4.95. The van der Waals surface area contributed by atoms with E-state index >= 15 is 0 Å². The zero-order valence-corrected chi connectivity index (χ0v) is 14.6. The second-order valence-electron chi connectivity index (χ2n) is 6.12. The molecule has 0 saturated carbocycles. The summed E-state index contributed by atoms with van der Waals surface area (Å²) in [6.45, 7) is 2.98. The van der Waals surface area contributed by atoms with Gasteiger partial charge in [-0.25, -0.2) is 0 Å². The molecule has 2 aromatic rings. The van der Waals surface area contributed by atoms with E-state index in [1.165, 1.54) is 0 Å². The molecule has 0 aliphatic carbocycles. The fourth-order valence-electron chi connectivity index (χ4n) is 2.84. The first-order valence-electron chi connectivity index (χ1n) is 8.01. The highest BCUT2D eigenvalue weighted by atomic mass is 35.5. The summed E-state index contributed by atoms with van der Waals surface area (Å²) in [6, 6.07) is 13.7. The van der Waals surface area contributed by atoms with Crippen molar-refractivity contribution in [1.82, 2.24) is 5.32 Å². The van der Waals surface area contributed by atoms with Gasteiger partial charge in [0.2, 0.25) is 5.91 Å². The summed E-state index contributed by atoms with van der Waals surface area (Å²) in [5.41, 5.74) is 3.11. The Bertz CT molecular complexity index is 748. The van der Waals surface area contributed by atoms with Crippen molar-refractivity contribution in [2.45, 2.75) is 25.9 Å². The number of carbonyl (C=O) groups is 1. The third kappa shape index (κ3) is 3.65. The van der Waals surface area contributed by atoms with Crippen LogP contribution in [0.3, 0.4) is 0 Å². The summed E-state index contributed by atoms with van der Waals surface area (Å²) in [6.07, 6.45) is 0.383. The normalized spacial score (nSPS) is 16.3. The third-order valence-corrected chi connectivity index (χ3v) is 4.70. The van der Waals surface area contributed by atoms with Gasteiger partial charge < -0.3 is 15.0 Å². The van der Waals surface area contributed by atoms with Crippen LogP contribution < -0.4 is 15.0 Å². The number of rotatable bonds is 4. The van der Waals surface area contributed by atoms with Gasteiger partial charge >= 0.3 is 0 Å². The fourth-order valence-corrected chi connectivity index (χ4v) is 3.04. The molecule has 1 aliphatic rings. The first-order chi connectivity index (χ1) is 11.5. The predicted octanol–water partition coefficient (Wildman–Crippen LogP) is 3.55. The molecule has 0 fully saturated rings. The number of carbonyl (C=O) groups excluding carboxylic acids is 1. The zero-order chi connectivity index (χ0) is 17.1. The summed E-state index contributed by atoms with van der Waals surface area (Å²) in [4.78, 5) is 14.4. The number of halogens is 1. The lowest BCUT2D eigenvalue weighted by atomic mass is 10.1. The van der Waals surface area contributed by atoms with Gasteiger partial charge in [-0.1, -0.05) is 35.9 Å². The molecule has 1 atom stereocenters. The molecule has 0 bridgehead atoms. The predicted molar refractivity (Wildman–Crippen MR) is 96.8 cm³/mol. The van der Waals surface area contributed by atoms with Gasteiger partial charge in [-0.2, -0.15) is 0 Å². The van der Waals surface area contributed by atoms with Gasteiger partial charge in [0.05, 0.1) is 18.2 Å². The van der Waals surface area contributed by atoms with Gasteiger partial charge in [-0.05, 0) is 36.2 Å². The maximum atomic E-state index is 12.3. The lowest BCUT2D eigenvalue weighted by Gasteiger charge is -2.35. The SMILES string of the molecule is Cc1ccc2c(c1)OC[C@@H](CC(=O)NCc1ccccc1Cl)N2C. The molecule has 0 saturated heterocycles. The topological polar surface area (TPSA) is 41.6 Å². The molecule has 1 amide bonds. The number of likely N-dealkylation sites (N-methyl/N-ethyl adjacent to an activating group) is 1. The number of nitrogens with zero attached hydrogens (tertiary/aromatic N) is 1. The second kappa shape index (κ2) is 7.14. The van der Waals surface area contributed by atoms with Crippen LogP contribution in [0.4, 0.5) is 5.69 Å². The number of hydrogen-bond acceptors (Lipinski definition) is 3. The number of nitrogens with one attached hydrogen (secondary N) is 1.